The standard InChI is InChI=1S/C15H21NO5/c1-4-20-15(18)9-10-16(2)14(17)11-21-13-8-6-5-7-12(13)19-3/h5-8H,4,9-11H2,1-3H3. The second-order valence-corrected chi connectivity index (χ2v) is 4.31. The van der Waals surface area contributed by atoms with E-state index in [-0.39, 0.29) is 24.9 Å². The van der Waals surface area contributed by atoms with Gasteiger partial charge in [-0.2, -0.15) is 0 Å². The van der Waals surface area contributed by atoms with Crippen LogP contribution in [0.1, 0.15) is 13.3 Å². The Kier molecular flexibility index (Phi) is 7.08. The molecule has 0 aromatic heterocycles. The maximum absolute atomic E-state index is 11.9. The number of ether oxygens (including phenoxy) is 3. The molecule has 1 aromatic rings. The van der Waals surface area contributed by atoms with E-state index in [9.17, 15) is 9.59 Å². The van der Waals surface area contributed by atoms with Gasteiger partial charge in [0.1, 0.15) is 0 Å². The van der Waals surface area contributed by atoms with Gasteiger partial charge in [0, 0.05) is 13.6 Å². The maximum Gasteiger partial charge on any atom is 0.307 e. The molecule has 0 unspecified atom stereocenters. The van der Waals surface area contributed by atoms with E-state index in [0.717, 1.165) is 0 Å². The van der Waals surface area contributed by atoms with Crippen LogP contribution in [0, 0.1) is 0 Å². The summed E-state index contributed by atoms with van der Waals surface area (Å²) in [5.41, 5.74) is 0. The SMILES string of the molecule is CCOC(=O)CCN(C)C(=O)COc1ccccc1OC. The number of nitrogens with zero attached hydrogens (tertiary/aromatic N) is 1. The van der Waals surface area contributed by atoms with Crippen molar-refractivity contribution in [3.63, 3.8) is 0 Å². The first-order valence-corrected chi connectivity index (χ1v) is 6.73. The normalized spacial score (nSPS) is 9.86. The number of benzene rings is 1. The predicted octanol–water partition coefficient (Wildman–Crippen LogP) is 1.49. The van der Waals surface area contributed by atoms with Crippen LogP contribution in [-0.4, -0.2) is 50.7 Å². The van der Waals surface area contributed by atoms with Gasteiger partial charge < -0.3 is 19.1 Å². The molecule has 6 heteroatoms. The Bertz CT molecular complexity index is 475. The summed E-state index contributed by atoms with van der Waals surface area (Å²) in [4.78, 5) is 24.6. The lowest BCUT2D eigenvalue weighted by molar-refractivity contribution is -0.144. The maximum atomic E-state index is 11.9. The van der Waals surface area contributed by atoms with E-state index >= 15 is 0 Å². The van der Waals surface area contributed by atoms with Crippen molar-refractivity contribution in [3.8, 4) is 11.5 Å². The highest BCUT2D eigenvalue weighted by Gasteiger charge is 2.13. The Morgan fingerprint density at radius 3 is 2.48 bits per heavy atom. The highest BCUT2D eigenvalue weighted by Crippen LogP contribution is 2.25. The molecule has 0 saturated carbocycles. The Balaban J connectivity index is 2.40. The van der Waals surface area contributed by atoms with E-state index in [0.29, 0.717) is 24.7 Å². The quantitative estimate of drug-likeness (QED) is 0.680. The summed E-state index contributed by atoms with van der Waals surface area (Å²) in [5, 5.41) is 0. The summed E-state index contributed by atoms with van der Waals surface area (Å²) < 4.78 is 15.4. The molecular formula is C15H21NO5. The molecule has 21 heavy (non-hydrogen) atoms. The number of methoxy groups -OCH3 is 1. The highest BCUT2D eigenvalue weighted by molar-refractivity contribution is 5.78. The van der Waals surface area contributed by atoms with E-state index < -0.39 is 0 Å². The molecule has 0 heterocycles. The third kappa shape index (κ3) is 5.72. The van der Waals surface area contributed by atoms with E-state index in [4.69, 9.17) is 14.2 Å². The fourth-order valence-corrected chi connectivity index (χ4v) is 1.60. The van der Waals surface area contributed by atoms with Gasteiger partial charge in [-0.3, -0.25) is 9.59 Å². The van der Waals surface area contributed by atoms with Crippen LogP contribution < -0.4 is 9.47 Å². The number of carbonyl (C=O) groups excluding carboxylic acids is 2. The topological polar surface area (TPSA) is 65.1 Å². The summed E-state index contributed by atoms with van der Waals surface area (Å²) in [6, 6.07) is 7.10. The van der Waals surface area contributed by atoms with Crippen molar-refractivity contribution in [3.05, 3.63) is 24.3 Å². The molecule has 0 N–H and O–H groups in total. The van der Waals surface area contributed by atoms with E-state index in [1.54, 1.807) is 32.2 Å². The molecule has 0 spiro atoms. The van der Waals surface area contributed by atoms with Gasteiger partial charge in [-0.05, 0) is 19.1 Å². The average Bonchev–Trinajstić information content (AvgIpc) is 2.50. The Morgan fingerprint density at radius 2 is 1.86 bits per heavy atom. The third-order valence-electron chi connectivity index (χ3n) is 2.80. The van der Waals surface area contributed by atoms with Gasteiger partial charge in [-0.25, -0.2) is 0 Å². The largest absolute Gasteiger partial charge is 0.493 e. The van der Waals surface area contributed by atoms with Crippen molar-refractivity contribution in [1.29, 1.82) is 0 Å². The molecule has 0 aliphatic carbocycles. The molecule has 0 aliphatic rings. The molecule has 0 radical (unpaired) electrons. The molecule has 1 rings (SSSR count). The number of carbonyl (C=O) groups is 2. The van der Waals surface area contributed by atoms with Gasteiger partial charge in [0.25, 0.3) is 5.91 Å². The minimum atomic E-state index is -0.317. The smallest absolute Gasteiger partial charge is 0.307 e. The van der Waals surface area contributed by atoms with Crippen molar-refractivity contribution >= 4 is 11.9 Å². The monoisotopic (exact) mass is 295 g/mol. The molecule has 0 bridgehead atoms. The first-order valence-electron chi connectivity index (χ1n) is 6.73. The van der Waals surface area contributed by atoms with Crippen molar-refractivity contribution in [2.24, 2.45) is 0 Å². The van der Waals surface area contributed by atoms with Crippen molar-refractivity contribution in [2.45, 2.75) is 13.3 Å². The molecule has 0 fully saturated rings. The first-order chi connectivity index (χ1) is 10.1. The highest BCUT2D eigenvalue weighted by atomic mass is 16.5. The van der Waals surface area contributed by atoms with Gasteiger partial charge in [0.2, 0.25) is 0 Å². The summed E-state index contributed by atoms with van der Waals surface area (Å²) in [6.07, 6.45) is 0.171. The molecule has 1 amide bonds. The Labute approximate surface area is 124 Å². The number of esters is 1. The molecule has 6 nitrogen and oxygen atoms in total. The van der Waals surface area contributed by atoms with Crippen LogP contribution in [0.4, 0.5) is 0 Å². The lowest BCUT2D eigenvalue weighted by Gasteiger charge is -2.17. The molecule has 1 aromatic carbocycles. The number of amides is 1. The van der Waals surface area contributed by atoms with Crippen LogP contribution in [0.3, 0.4) is 0 Å². The summed E-state index contributed by atoms with van der Waals surface area (Å²) in [7, 11) is 3.16. The fraction of sp³-hybridized carbons (Fsp3) is 0.467. The van der Waals surface area contributed by atoms with Crippen LogP contribution in [0.15, 0.2) is 24.3 Å². The van der Waals surface area contributed by atoms with Gasteiger partial charge in [-0.1, -0.05) is 12.1 Å². The zero-order valence-electron chi connectivity index (χ0n) is 12.6. The van der Waals surface area contributed by atoms with Gasteiger partial charge >= 0.3 is 5.97 Å². The summed E-state index contributed by atoms with van der Waals surface area (Å²) in [6.45, 7) is 2.27. The van der Waals surface area contributed by atoms with Crippen molar-refractivity contribution in [1.82, 2.24) is 4.90 Å². The Morgan fingerprint density at radius 1 is 1.19 bits per heavy atom. The van der Waals surface area contributed by atoms with Crippen LogP contribution in [0.2, 0.25) is 0 Å². The summed E-state index contributed by atoms with van der Waals surface area (Å²) >= 11 is 0. The second-order valence-electron chi connectivity index (χ2n) is 4.31. The van der Waals surface area contributed by atoms with Crippen LogP contribution in [0.25, 0.3) is 0 Å². The second kappa shape index (κ2) is 8.84. The number of hydrogen-bond acceptors (Lipinski definition) is 5. The van der Waals surface area contributed by atoms with Crippen LogP contribution >= 0.6 is 0 Å². The lowest BCUT2D eigenvalue weighted by Crippen LogP contribution is -2.33. The summed E-state index contributed by atoms with van der Waals surface area (Å²) in [5.74, 6) is 0.541. The number of hydrogen-bond donors (Lipinski definition) is 0. The van der Waals surface area contributed by atoms with E-state index in [1.165, 1.54) is 12.0 Å². The van der Waals surface area contributed by atoms with Crippen molar-refractivity contribution < 1.29 is 23.8 Å². The number of likely N-dealkylation sites (N-methyl/N-ethyl adjacent to an activating group) is 1. The minimum Gasteiger partial charge on any atom is -0.493 e. The van der Waals surface area contributed by atoms with E-state index in [2.05, 4.69) is 0 Å². The Hall–Kier alpha value is -2.24. The molecule has 0 aliphatic heterocycles. The zero-order chi connectivity index (χ0) is 15.7. The van der Waals surface area contributed by atoms with Crippen LogP contribution in [0.5, 0.6) is 11.5 Å². The zero-order valence-corrected chi connectivity index (χ0v) is 12.6. The van der Waals surface area contributed by atoms with Gasteiger partial charge in [0.05, 0.1) is 20.1 Å². The van der Waals surface area contributed by atoms with Crippen molar-refractivity contribution in [2.75, 3.05) is 33.9 Å². The van der Waals surface area contributed by atoms with Gasteiger partial charge in [-0.15, -0.1) is 0 Å². The molecular weight excluding hydrogens is 274 g/mol. The average molecular weight is 295 g/mol. The van der Waals surface area contributed by atoms with Gasteiger partial charge in [0.15, 0.2) is 18.1 Å². The fourth-order valence-electron chi connectivity index (χ4n) is 1.60. The van der Waals surface area contributed by atoms with E-state index in [1.807, 2.05) is 6.07 Å². The lowest BCUT2D eigenvalue weighted by atomic mass is 10.3. The minimum absolute atomic E-state index is 0.111. The number of para-hydroxylation sites is 2. The molecule has 0 atom stereocenters. The predicted molar refractivity (Wildman–Crippen MR) is 77.4 cm³/mol. The number of rotatable bonds is 8. The molecule has 116 valence electrons. The first kappa shape index (κ1) is 16.8. The molecule has 0 saturated heterocycles. The van der Waals surface area contributed by atoms with Crippen LogP contribution in [-0.2, 0) is 14.3 Å². The third-order valence-corrected chi connectivity index (χ3v) is 2.80.